The monoisotopic (exact) mass is 312 g/mol. The molecule has 2 heterocycles. The van der Waals surface area contributed by atoms with Crippen LogP contribution < -0.4 is 10.2 Å². The number of hydrogen-bond acceptors (Lipinski definition) is 4. The molecule has 1 aliphatic heterocycles. The van der Waals surface area contributed by atoms with E-state index in [1.807, 2.05) is 6.20 Å². The van der Waals surface area contributed by atoms with Crippen LogP contribution in [0.15, 0.2) is 30.5 Å². The van der Waals surface area contributed by atoms with E-state index in [2.05, 4.69) is 15.2 Å². The Labute approximate surface area is 135 Å². The Morgan fingerprint density at radius 1 is 1.09 bits per heavy atom. The molecule has 1 aromatic heterocycles. The first-order valence-electron chi connectivity index (χ1n) is 8.40. The van der Waals surface area contributed by atoms with Gasteiger partial charge in [0.05, 0.1) is 17.6 Å². The average molecular weight is 312 g/mol. The zero-order chi connectivity index (χ0) is 15.6. The number of nitrogens with one attached hydrogen (secondary N) is 1. The molecule has 0 radical (unpaired) electrons. The largest absolute Gasteiger partial charge is 0.366 e. The van der Waals surface area contributed by atoms with Crippen molar-refractivity contribution in [2.24, 2.45) is 0 Å². The number of rotatable bonds is 3. The maximum atomic E-state index is 13.1. The van der Waals surface area contributed by atoms with Crippen LogP contribution in [0.3, 0.4) is 0 Å². The van der Waals surface area contributed by atoms with Crippen LogP contribution in [-0.4, -0.2) is 36.1 Å². The third-order valence-corrected chi connectivity index (χ3v) is 4.85. The molecule has 4 nitrogen and oxygen atoms in total. The molecule has 0 atom stereocenters. The second kappa shape index (κ2) is 6.24. The van der Waals surface area contributed by atoms with Crippen LogP contribution in [0.25, 0.3) is 11.4 Å². The maximum absolute atomic E-state index is 13.1. The topological polar surface area (TPSA) is 41.1 Å². The lowest BCUT2D eigenvalue weighted by molar-refractivity contribution is 0.410. The molecule has 0 amide bonds. The Morgan fingerprint density at radius 3 is 2.48 bits per heavy atom. The number of hydrogen-bond donors (Lipinski definition) is 1. The third kappa shape index (κ3) is 2.93. The van der Waals surface area contributed by atoms with Gasteiger partial charge in [-0.15, -0.1) is 0 Å². The minimum absolute atomic E-state index is 0.231. The normalized spacial score (nSPS) is 18.7. The van der Waals surface area contributed by atoms with Crippen LogP contribution in [0.5, 0.6) is 0 Å². The van der Waals surface area contributed by atoms with Crippen LogP contribution >= 0.6 is 0 Å². The van der Waals surface area contributed by atoms with Gasteiger partial charge in [0.2, 0.25) is 0 Å². The molecule has 0 bridgehead atoms. The lowest BCUT2D eigenvalue weighted by Gasteiger charge is -2.34. The van der Waals surface area contributed by atoms with Crippen LogP contribution in [0.1, 0.15) is 30.9 Å². The first-order chi connectivity index (χ1) is 11.3. The molecule has 4 rings (SSSR count). The van der Waals surface area contributed by atoms with Crippen LogP contribution in [0.4, 0.5) is 10.1 Å². The SMILES string of the molecule is Fc1ccc(-c2ncc(N3CCNCC3)c(C3CCC3)n2)cc1. The zero-order valence-corrected chi connectivity index (χ0v) is 13.1. The predicted octanol–water partition coefficient (Wildman–Crippen LogP) is 2.96. The van der Waals surface area contributed by atoms with Crippen LogP contribution in [-0.2, 0) is 0 Å². The van der Waals surface area contributed by atoms with E-state index < -0.39 is 0 Å². The molecular formula is C18H21FN4. The van der Waals surface area contributed by atoms with E-state index in [1.54, 1.807) is 12.1 Å². The van der Waals surface area contributed by atoms with Crippen LogP contribution in [0, 0.1) is 5.82 Å². The summed E-state index contributed by atoms with van der Waals surface area (Å²) in [5.41, 5.74) is 3.23. The van der Waals surface area contributed by atoms with E-state index in [0.717, 1.165) is 31.7 Å². The minimum Gasteiger partial charge on any atom is -0.366 e. The van der Waals surface area contributed by atoms with Gasteiger partial charge < -0.3 is 10.2 Å². The second-order valence-electron chi connectivity index (χ2n) is 6.34. The molecule has 1 saturated carbocycles. The fourth-order valence-electron chi connectivity index (χ4n) is 3.26. The van der Waals surface area contributed by atoms with Crippen molar-refractivity contribution >= 4 is 5.69 Å². The zero-order valence-electron chi connectivity index (χ0n) is 13.1. The van der Waals surface area contributed by atoms with Gasteiger partial charge in [-0.25, -0.2) is 14.4 Å². The highest BCUT2D eigenvalue weighted by Gasteiger charge is 2.27. The molecule has 0 unspecified atom stereocenters. The fraction of sp³-hybridized carbons (Fsp3) is 0.444. The molecule has 2 aliphatic rings. The van der Waals surface area contributed by atoms with Gasteiger partial charge in [0.25, 0.3) is 0 Å². The van der Waals surface area contributed by atoms with E-state index in [4.69, 9.17) is 4.98 Å². The summed E-state index contributed by atoms with van der Waals surface area (Å²) in [5, 5.41) is 3.39. The van der Waals surface area contributed by atoms with Crippen molar-refractivity contribution in [1.82, 2.24) is 15.3 Å². The Balaban J connectivity index is 1.71. The average Bonchev–Trinajstić information content (AvgIpc) is 2.55. The summed E-state index contributed by atoms with van der Waals surface area (Å²) >= 11 is 0. The molecule has 5 heteroatoms. The standard InChI is InChI=1S/C18H21FN4/c19-15-6-4-14(5-7-15)18-21-12-16(23-10-8-20-9-11-23)17(22-18)13-2-1-3-13/h4-7,12-13,20H,1-3,8-11H2. The van der Waals surface area contributed by atoms with Crippen molar-refractivity contribution in [3.05, 3.63) is 42.0 Å². The molecular weight excluding hydrogens is 291 g/mol. The van der Waals surface area contributed by atoms with Crippen LogP contribution in [0.2, 0.25) is 0 Å². The van der Waals surface area contributed by atoms with E-state index in [9.17, 15) is 4.39 Å². The molecule has 2 aromatic rings. The van der Waals surface area contributed by atoms with Gasteiger partial charge in [0.1, 0.15) is 5.82 Å². The molecule has 1 N–H and O–H groups in total. The summed E-state index contributed by atoms with van der Waals surface area (Å²) in [6.45, 7) is 4.01. The van der Waals surface area contributed by atoms with Crippen molar-refractivity contribution in [3.8, 4) is 11.4 Å². The van der Waals surface area contributed by atoms with E-state index >= 15 is 0 Å². The Bertz CT molecular complexity index is 676. The highest BCUT2D eigenvalue weighted by molar-refractivity contribution is 5.60. The number of nitrogens with zero attached hydrogens (tertiary/aromatic N) is 3. The number of piperazine rings is 1. The molecule has 120 valence electrons. The van der Waals surface area contributed by atoms with Gasteiger partial charge in [-0.05, 0) is 37.1 Å². The van der Waals surface area contributed by atoms with Gasteiger partial charge in [0, 0.05) is 37.7 Å². The predicted molar refractivity (Wildman–Crippen MR) is 89.1 cm³/mol. The Morgan fingerprint density at radius 2 is 1.83 bits per heavy atom. The molecule has 23 heavy (non-hydrogen) atoms. The number of halogens is 1. The van der Waals surface area contributed by atoms with Crippen molar-refractivity contribution in [3.63, 3.8) is 0 Å². The first-order valence-corrected chi connectivity index (χ1v) is 8.40. The lowest BCUT2D eigenvalue weighted by Crippen LogP contribution is -2.44. The van der Waals surface area contributed by atoms with Crippen molar-refractivity contribution in [2.45, 2.75) is 25.2 Å². The van der Waals surface area contributed by atoms with Gasteiger partial charge >= 0.3 is 0 Å². The number of benzene rings is 1. The summed E-state index contributed by atoms with van der Waals surface area (Å²) < 4.78 is 13.1. The number of anilines is 1. The van der Waals surface area contributed by atoms with E-state index in [1.165, 1.54) is 42.8 Å². The summed E-state index contributed by atoms with van der Waals surface area (Å²) in [4.78, 5) is 11.8. The summed E-state index contributed by atoms with van der Waals surface area (Å²) in [6.07, 6.45) is 5.66. The van der Waals surface area contributed by atoms with Gasteiger partial charge in [0.15, 0.2) is 5.82 Å². The fourth-order valence-corrected chi connectivity index (χ4v) is 3.26. The highest BCUT2D eigenvalue weighted by Crippen LogP contribution is 2.40. The highest BCUT2D eigenvalue weighted by atomic mass is 19.1. The summed E-state index contributed by atoms with van der Waals surface area (Å²) in [7, 11) is 0. The minimum atomic E-state index is -0.231. The summed E-state index contributed by atoms with van der Waals surface area (Å²) in [5.74, 6) is 1.01. The van der Waals surface area contributed by atoms with Crippen molar-refractivity contribution in [2.75, 3.05) is 31.1 Å². The summed E-state index contributed by atoms with van der Waals surface area (Å²) in [6, 6.07) is 6.43. The smallest absolute Gasteiger partial charge is 0.159 e. The first kappa shape index (κ1) is 14.6. The third-order valence-electron chi connectivity index (χ3n) is 4.85. The molecule has 0 spiro atoms. The quantitative estimate of drug-likeness (QED) is 0.946. The Kier molecular flexibility index (Phi) is 3.95. The van der Waals surface area contributed by atoms with Crippen molar-refractivity contribution in [1.29, 1.82) is 0 Å². The molecule has 1 saturated heterocycles. The Hall–Kier alpha value is -2.01. The van der Waals surface area contributed by atoms with Gasteiger partial charge in [-0.3, -0.25) is 0 Å². The lowest BCUT2D eigenvalue weighted by atomic mass is 9.82. The molecule has 1 aliphatic carbocycles. The maximum Gasteiger partial charge on any atom is 0.159 e. The van der Waals surface area contributed by atoms with E-state index in [0.29, 0.717) is 11.7 Å². The van der Waals surface area contributed by atoms with Gasteiger partial charge in [-0.1, -0.05) is 6.42 Å². The van der Waals surface area contributed by atoms with E-state index in [-0.39, 0.29) is 5.82 Å². The second-order valence-corrected chi connectivity index (χ2v) is 6.34. The van der Waals surface area contributed by atoms with Gasteiger partial charge in [-0.2, -0.15) is 0 Å². The van der Waals surface area contributed by atoms with Crippen molar-refractivity contribution < 1.29 is 4.39 Å². The molecule has 2 fully saturated rings. The molecule has 1 aromatic carbocycles. The number of aromatic nitrogens is 2.